The average molecular weight is 248 g/mol. The number of anilines is 3. The van der Waals surface area contributed by atoms with Crippen LogP contribution in [0.4, 0.5) is 17.2 Å². The number of pyridine rings is 1. The number of nitrogens with zero attached hydrogens (tertiary/aromatic N) is 1. The monoisotopic (exact) mass is 248 g/mol. The SMILES string of the molecule is CCC1CC1Nc1nccc(NC(C)(C)C)c1N. The summed E-state index contributed by atoms with van der Waals surface area (Å²) in [5.74, 6) is 1.59. The molecule has 1 fully saturated rings. The van der Waals surface area contributed by atoms with Crippen LogP contribution in [-0.4, -0.2) is 16.6 Å². The van der Waals surface area contributed by atoms with E-state index in [0.717, 1.165) is 17.4 Å². The highest BCUT2D eigenvalue weighted by atomic mass is 15.1. The minimum absolute atomic E-state index is 0.00171. The maximum absolute atomic E-state index is 6.17. The van der Waals surface area contributed by atoms with Gasteiger partial charge in [0.1, 0.15) is 0 Å². The van der Waals surface area contributed by atoms with Crippen molar-refractivity contribution in [3.8, 4) is 0 Å². The summed E-state index contributed by atoms with van der Waals surface area (Å²) in [6, 6.07) is 2.48. The lowest BCUT2D eigenvalue weighted by Gasteiger charge is -2.24. The lowest BCUT2D eigenvalue weighted by molar-refractivity contribution is 0.634. The van der Waals surface area contributed by atoms with Gasteiger partial charge in [0.25, 0.3) is 0 Å². The van der Waals surface area contributed by atoms with E-state index in [1.165, 1.54) is 12.8 Å². The molecular formula is C14H24N4. The van der Waals surface area contributed by atoms with E-state index in [4.69, 9.17) is 5.73 Å². The topological polar surface area (TPSA) is 63.0 Å². The molecule has 1 heterocycles. The van der Waals surface area contributed by atoms with Crippen molar-refractivity contribution in [3.05, 3.63) is 12.3 Å². The van der Waals surface area contributed by atoms with Crippen LogP contribution in [0.1, 0.15) is 40.5 Å². The smallest absolute Gasteiger partial charge is 0.151 e. The van der Waals surface area contributed by atoms with Gasteiger partial charge in [-0.1, -0.05) is 13.3 Å². The second-order valence-electron chi connectivity index (χ2n) is 6.15. The zero-order valence-corrected chi connectivity index (χ0v) is 11.7. The van der Waals surface area contributed by atoms with E-state index in [2.05, 4.69) is 43.3 Å². The van der Waals surface area contributed by atoms with E-state index < -0.39 is 0 Å². The van der Waals surface area contributed by atoms with Gasteiger partial charge in [-0.3, -0.25) is 0 Å². The van der Waals surface area contributed by atoms with Crippen LogP contribution in [0.5, 0.6) is 0 Å². The number of nitrogens with two attached hydrogens (primary N) is 1. The first-order chi connectivity index (χ1) is 8.40. The van der Waals surface area contributed by atoms with Gasteiger partial charge in [-0.05, 0) is 39.2 Å². The van der Waals surface area contributed by atoms with Gasteiger partial charge < -0.3 is 16.4 Å². The Morgan fingerprint density at radius 3 is 2.72 bits per heavy atom. The maximum Gasteiger partial charge on any atom is 0.151 e. The van der Waals surface area contributed by atoms with Gasteiger partial charge in [0.15, 0.2) is 5.82 Å². The fourth-order valence-corrected chi connectivity index (χ4v) is 2.15. The lowest BCUT2D eigenvalue weighted by Crippen LogP contribution is -2.27. The van der Waals surface area contributed by atoms with Crippen LogP contribution in [-0.2, 0) is 0 Å². The number of rotatable bonds is 4. The summed E-state index contributed by atoms with van der Waals surface area (Å²) in [5, 5.41) is 6.84. The number of nitrogens with one attached hydrogen (secondary N) is 2. The molecule has 1 aromatic heterocycles. The fraction of sp³-hybridized carbons (Fsp3) is 0.643. The molecule has 0 bridgehead atoms. The highest BCUT2D eigenvalue weighted by Gasteiger charge is 2.35. The summed E-state index contributed by atoms with van der Waals surface area (Å²) >= 11 is 0. The van der Waals surface area contributed by atoms with Gasteiger partial charge in [0.05, 0.1) is 11.4 Å². The standard InChI is InChI=1S/C14H24N4/c1-5-9-8-11(9)17-13-12(15)10(6-7-16-13)18-14(2,3)4/h6-7,9,11H,5,8,15H2,1-4H3,(H2,16,17,18). The molecule has 2 rings (SSSR count). The Hall–Kier alpha value is -1.45. The van der Waals surface area contributed by atoms with Gasteiger partial charge in [-0.15, -0.1) is 0 Å². The van der Waals surface area contributed by atoms with Crippen LogP contribution in [0.25, 0.3) is 0 Å². The molecule has 2 atom stereocenters. The number of hydrogen-bond acceptors (Lipinski definition) is 4. The van der Waals surface area contributed by atoms with Crippen LogP contribution in [0.2, 0.25) is 0 Å². The van der Waals surface area contributed by atoms with Crippen molar-refractivity contribution in [1.29, 1.82) is 0 Å². The molecular weight excluding hydrogens is 224 g/mol. The largest absolute Gasteiger partial charge is 0.394 e. The predicted octanol–water partition coefficient (Wildman–Crippen LogP) is 3.08. The summed E-state index contributed by atoms with van der Waals surface area (Å²) in [7, 11) is 0. The first-order valence-corrected chi connectivity index (χ1v) is 6.70. The lowest BCUT2D eigenvalue weighted by atomic mass is 10.1. The zero-order chi connectivity index (χ0) is 13.3. The average Bonchev–Trinajstić information content (AvgIpc) is 3.01. The van der Waals surface area contributed by atoms with Crippen LogP contribution >= 0.6 is 0 Å². The molecule has 4 nitrogen and oxygen atoms in total. The quantitative estimate of drug-likeness (QED) is 0.766. The van der Waals surface area contributed by atoms with E-state index in [-0.39, 0.29) is 5.54 Å². The molecule has 0 aromatic carbocycles. The van der Waals surface area contributed by atoms with Gasteiger partial charge >= 0.3 is 0 Å². The Morgan fingerprint density at radius 1 is 1.44 bits per heavy atom. The second kappa shape index (κ2) is 4.67. The Kier molecular flexibility index (Phi) is 3.37. The van der Waals surface area contributed by atoms with Crippen LogP contribution in [0.15, 0.2) is 12.3 Å². The Balaban J connectivity index is 2.10. The van der Waals surface area contributed by atoms with Crippen molar-refractivity contribution >= 4 is 17.2 Å². The van der Waals surface area contributed by atoms with Gasteiger partial charge in [-0.2, -0.15) is 0 Å². The van der Waals surface area contributed by atoms with Crippen molar-refractivity contribution in [2.24, 2.45) is 5.92 Å². The minimum atomic E-state index is -0.00171. The minimum Gasteiger partial charge on any atom is -0.394 e. The molecule has 2 unspecified atom stereocenters. The van der Waals surface area contributed by atoms with Crippen molar-refractivity contribution in [2.45, 2.75) is 52.1 Å². The third-order valence-corrected chi connectivity index (χ3v) is 3.27. The van der Waals surface area contributed by atoms with Crippen molar-refractivity contribution in [2.75, 3.05) is 16.4 Å². The molecule has 4 N–H and O–H groups in total. The molecule has 1 saturated carbocycles. The number of aromatic nitrogens is 1. The predicted molar refractivity (Wildman–Crippen MR) is 77.8 cm³/mol. The molecule has 18 heavy (non-hydrogen) atoms. The van der Waals surface area contributed by atoms with E-state index in [1.54, 1.807) is 6.20 Å². The molecule has 1 aliphatic carbocycles. The summed E-state index contributed by atoms with van der Waals surface area (Å²) in [6.07, 6.45) is 4.25. The molecule has 100 valence electrons. The van der Waals surface area contributed by atoms with Crippen molar-refractivity contribution in [3.63, 3.8) is 0 Å². The molecule has 1 aliphatic rings. The third-order valence-electron chi connectivity index (χ3n) is 3.27. The van der Waals surface area contributed by atoms with E-state index in [1.807, 2.05) is 6.07 Å². The van der Waals surface area contributed by atoms with Gasteiger partial charge in [0, 0.05) is 17.8 Å². The number of hydrogen-bond donors (Lipinski definition) is 3. The highest BCUT2D eigenvalue weighted by Crippen LogP contribution is 2.38. The van der Waals surface area contributed by atoms with E-state index >= 15 is 0 Å². The molecule has 4 heteroatoms. The summed E-state index contributed by atoms with van der Waals surface area (Å²) in [5.41, 5.74) is 7.83. The normalized spacial score (nSPS) is 22.7. The van der Waals surface area contributed by atoms with Gasteiger partial charge in [0.2, 0.25) is 0 Å². The molecule has 0 spiro atoms. The highest BCUT2D eigenvalue weighted by molar-refractivity contribution is 5.78. The second-order valence-corrected chi connectivity index (χ2v) is 6.15. The maximum atomic E-state index is 6.17. The van der Waals surface area contributed by atoms with Crippen molar-refractivity contribution in [1.82, 2.24) is 4.98 Å². The Morgan fingerprint density at radius 2 is 2.17 bits per heavy atom. The van der Waals surface area contributed by atoms with Crippen LogP contribution in [0, 0.1) is 5.92 Å². The molecule has 0 amide bonds. The first-order valence-electron chi connectivity index (χ1n) is 6.70. The summed E-state index contributed by atoms with van der Waals surface area (Å²) < 4.78 is 0. The van der Waals surface area contributed by atoms with E-state index in [0.29, 0.717) is 11.7 Å². The zero-order valence-electron chi connectivity index (χ0n) is 11.7. The molecule has 0 radical (unpaired) electrons. The van der Waals surface area contributed by atoms with Crippen molar-refractivity contribution < 1.29 is 0 Å². The first kappa shape index (κ1) is 13.0. The van der Waals surface area contributed by atoms with E-state index in [9.17, 15) is 0 Å². The summed E-state index contributed by atoms with van der Waals surface area (Å²) in [6.45, 7) is 8.58. The van der Waals surface area contributed by atoms with Crippen LogP contribution < -0.4 is 16.4 Å². The third kappa shape index (κ3) is 3.06. The summed E-state index contributed by atoms with van der Waals surface area (Å²) in [4.78, 5) is 4.34. The Bertz CT molecular complexity index is 422. The molecule has 0 saturated heterocycles. The van der Waals surface area contributed by atoms with Crippen LogP contribution in [0.3, 0.4) is 0 Å². The molecule has 0 aliphatic heterocycles. The Labute approximate surface area is 109 Å². The fourth-order valence-electron chi connectivity index (χ4n) is 2.15. The van der Waals surface area contributed by atoms with Gasteiger partial charge in [-0.25, -0.2) is 4.98 Å². The molecule has 1 aromatic rings. The number of nitrogen functional groups attached to an aromatic ring is 1.